The summed E-state index contributed by atoms with van der Waals surface area (Å²) in [5, 5.41) is 13.9. The zero-order chi connectivity index (χ0) is 11.7. The van der Waals surface area contributed by atoms with Crippen molar-refractivity contribution in [3.8, 4) is 5.75 Å². The van der Waals surface area contributed by atoms with E-state index in [-0.39, 0.29) is 11.4 Å². The molecular weight excluding hydrogens is 276 g/mol. The molecule has 0 radical (unpaired) electrons. The Morgan fingerprint density at radius 2 is 2.00 bits per heavy atom. The molecule has 0 aliphatic carbocycles. The zero-order valence-electron chi connectivity index (χ0n) is 7.95. The molecule has 0 unspecified atom stereocenters. The van der Waals surface area contributed by atoms with E-state index in [0.717, 1.165) is 4.47 Å². The van der Waals surface area contributed by atoms with E-state index in [1.54, 1.807) is 12.1 Å². The van der Waals surface area contributed by atoms with Crippen LogP contribution in [0.3, 0.4) is 0 Å². The normalized spacial score (nSPS) is 17.4. The first-order valence-electron chi connectivity index (χ1n) is 4.39. The molecule has 1 aliphatic heterocycles. The third-order valence-electron chi connectivity index (χ3n) is 2.01. The first-order chi connectivity index (χ1) is 7.56. The monoisotopic (exact) mass is 282 g/mol. The number of hydrogen-bond acceptors (Lipinski definition) is 3. The predicted molar refractivity (Wildman–Crippen MR) is 60.5 cm³/mol. The van der Waals surface area contributed by atoms with Crippen LogP contribution in [0, 0.1) is 0 Å². The Balaban J connectivity index is 2.39. The van der Waals surface area contributed by atoms with E-state index in [9.17, 15) is 14.7 Å². The molecule has 1 aliphatic rings. The zero-order valence-corrected chi connectivity index (χ0v) is 9.54. The van der Waals surface area contributed by atoms with Crippen molar-refractivity contribution in [1.29, 1.82) is 0 Å². The van der Waals surface area contributed by atoms with Gasteiger partial charge in [0.25, 0.3) is 5.91 Å². The summed E-state index contributed by atoms with van der Waals surface area (Å²) in [5.74, 6) is -0.478. The van der Waals surface area contributed by atoms with Gasteiger partial charge in [0.1, 0.15) is 11.4 Å². The van der Waals surface area contributed by atoms with E-state index in [1.807, 2.05) is 0 Å². The average Bonchev–Trinajstić information content (AvgIpc) is 2.51. The van der Waals surface area contributed by atoms with Crippen LogP contribution >= 0.6 is 15.9 Å². The molecule has 1 saturated heterocycles. The van der Waals surface area contributed by atoms with Gasteiger partial charge in [-0.05, 0) is 24.3 Å². The third-order valence-corrected chi connectivity index (χ3v) is 2.50. The third kappa shape index (κ3) is 2.06. The highest BCUT2D eigenvalue weighted by Crippen LogP contribution is 2.24. The highest BCUT2D eigenvalue weighted by Gasteiger charge is 2.23. The van der Waals surface area contributed by atoms with Gasteiger partial charge in [-0.1, -0.05) is 15.9 Å². The van der Waals surface area contributed by atoms with Crippen molar-refractivity contribution in [2.24, 2.45) is 0 Å². The number of phenolic OH excluding ortho intramolecular Hbond substituents is 1. The lowest BCUT2D eigenvalue weighted by atomic mass is 10.1. The van der Waals surface area contributed by atoms with Gasteiger partial charge in [-0.3, -0.25) is 10.1 Å². The molecule has 1 heterocycles. The van der Waals surface area contributed by atoms with Crippen molar-refractivity contribution in [3.05, 3.63) is 33.9 Å². The molecule has 0 spiro atoms. The lowest BCUT2D eigenvalue weighted by molar-refractivity contribution is -0.115. The van der Waals surface area contributed by atoms with Gasteiger partial charge < -0.3 is 10.4 Å². The Kier molecular flexibility index (Phi) is 2.66. The molecule has 82 valence electrons. The molecule has 2 rings (SSSR count). The Hall–Kier alpha value is -1.82. The summed E-state index contributed by atoms with van der Waals surface area (Å²) in [6.45, 7) is 0. The minimum Gasteiger partial charge on any atom is -0.507 e. The molecule has 5 nitrogen and oxygen atoms in total. The average molecular weight is 283 g/mol. The quantitative estimate of drug-likeness (QED) is 0.537. The molecule has 0 aromatic heterocycles. The van der Waals surface area contributed by atoms with Gasteiger partial charge in [-0.2, -0.15) is 0 Å². The van der Waals surface area contributed by atoms with Gasteiger partial charge in [0.05, 0.1) is 0 Å². The Labute approximate surface area is 99.3 Å². The highest BCUT2D eigenvalue weighted by molar-refractivity contribution is 9.10. The minimum atomic E-state index is -0.564. The first kappa shape index (κ1) is 10.7. The van der Waals surface area contributed by atoms with E-state index in [4.69, 9.17) is 0 Å². The number of rotatable bonds is 1. The maximum absolute atomic E-state index is 11.2. The van der Waals surface area contributed by atoms with Gasteiger partial charge in [-0.15, -0.1) is 0 Å². The number of carbonyl (C=O) groups is 2. The molecular formula is C10H7BrN2O3. The number of carbonyl (C=O) groups excluding carboxylic acids is 2. The molecule has 16 heavy (non-hydrogen) atoms. The van der Waals surface area contributed by atoms with Crippen LogP contribution in [0.15, 0.2) is 28.4 Å². The topological polar surface area (TPSA) is 78.4 Å². The van der Waals surface area contributed by atoms with Crippen molar-refractivity contribution in [2.45, 2.75) is 0 Å². The minimum absolute atomic E-state index is 0.0321. The predicted octanol–water partition coefficient (Wildman–Crippen LogP) is 1.33. The summed E-state index contributed by atoms with van der Waals surface area (Å²) in [6, 6.07) is 4.24. The molecule has 0 saturated carbocycles. The fraction of sp³-hybridized carbons (Fsp3) is 0. The number of amides is 3. The van der Waals surface area contributed by atoms with Crippen molar-refractivity contribution in [3.63, 3.8) is 0 Å². The first-order valence-corrected chi connectivity index (χ1v) is 5.18. The van der Waals surface area contributed by atoms with Crippen molar-refractivity contribution in [2.75, 3.05) is 0 Å². The number of hydrogen-bond donors (Lipinski definition) is 3. The number of benzene rings is 1. The number of phenols is 1. The lowest BCUT2D eigenvalue weighted by Crippen LogP contribution is -2.22. The van der Waals surface area contributed by atoms with Gasteiger partial charge in [0.15, 0.2) is 0 Å². The van der Waals surface area contributed by atoms with E-state index in [2.05, 4.69) is 26.6 Å². The summed E-state index contributed by atoms with van der Waals surface area (Å²) >= 11 is 3.24. The highest BCUT2D eigenvalue weighted by atomic mass is 79.9. The van der Waals surface area contributed by atoms with Crippen molar-refractivity contribution < 1.29 is 14.7 Å². The number of imide groups is 1. The fourth-order valence-electron chi connectivity index (χ4n) is 1.28. The lowest BCUT2D eigenvalue weighted by Gasteiger charge is -2.00. The maximum Gasteiger partial charge on any atom is 0.326 e. The standard InChI is InChI=1S/C10H7BrN2O3/c11-6-1-2-8(14)5(3-6)4-7-9(15)13-10(16)12-7/h1-4,14H,(H2,12,13,15,16). The Morgan fingerprint density at radius 1 is 1.25 bits per heavy atom. The summed E-state index contributed by atoms with van der Waals surface area (Å²) < 4.78 is 0.766. The van der Waals surface area contributed by atoms with Crippen LogP contribution in [0.1, 0.15) is 5.56 Å². The van der Waals surface area contributed by atoms with Crippen LogP contribution < -0.4 is 10.6 Å². The van der Waals surface area contributed by atoms with Crippen LogP contribution in [0.2, 0.25) is 0 Å². The van der Waals surface area contributed by atoms with E-state index >= 15 is 0 Å². The molecule has 0 bridgehead atoms. The SMILES string of the molecule is O=C1NC(=O)C(=Cc2cc(Br)ccc2O)N1. The second kappa shape index (κ2) is 3.97. The molecule has 6 heteroatoms. The molecule has 3 N–H and O–H groups in total. The Bertz CT molecular complexity index is 511. The summed E-state index contributed by atoms with van der Waals surface area (Å²) in [7, 11) is 0. The van der Waals surface area contributed by atoms with Crippen LogP contribution in [0.5, 0.6) is 5.75 Å². The van der Waals surface area contributed by atoms with Crippen molar-refractivity contribution in [1.82, 2.24) is 10.6 Å². The molecule has 1 aromatic rings. The second-order valence-corrected chi connectivity index (χ2v) is 4.09. The van der Waals surface area contributed by atoms with Gasteiger partial charge in [0, 0.05) is 10.0 Å². The Morgan fingerprint density at radius 3 is 2.62 bits per heavy atom. The van der Waals surface area contributed by atoms with Crippen LogP contribution in [-0.2, 0) is 4.79 Å². The maximum atomic E-state index is 11.2. The largest absolute Gasteiger partial charge is 0.507 e. The van der Waals surface area contributed by atoms with E-state index in [1.165, 1.54) is 12.1 Å². The fourth-order valence-corrected chi connectivity index (χ4v) is 1.66. The summed E-state index contributed by atoms with van der Waals surface area (Å²) in [6.07, 6.45) is 1.40. The molecule has 3 amide bonds. The number of aromatic hydroxyl groups is 1. The molecule has 0 atom stereocenters. The van der Waals surface area contributed by atoms with E-state index < -0.39 is 11.9 Å². The molecule has 1 aromatic carbocycles. The number of nitrogens with one attached hydrogen (secondary N) is 2. The van der Waals surface area contributed by atoms with Crippen molar-refractivity contribution >= 4 is 33.9 Å². The van der Waals surface area contributed by atoms with Crippen LogP contribution in [0.25, 0.3) is 6.08 Å². The summed E-state index contributed by atoms with van der Waals surface area (Å²) in [5.41, 5.74) is 0.556. The van der Waals surface area contributed by atoms with Gasteiger partial charge in [-0.25, -0.2) is 4.79 Å². The second-order valence-electron chi connectivity index (χ2n) is 3.17. The number of halogens is 1. The van der Waals surface area contributed by atoms with E-state index in [0.29, 0.717) is 5.56 Å². The van der Waals surface area contributed by atoms with Gasteiger partial charge >= 0.3 is 6.03 Å². The van der Waals surface area contributed by atoms with Crippen LogP contribution in [0.4, 0.5) is 4.79 Å². The smallest absolute Gasteiger partial charge is 0.326 e. The molecule has 1 fully saturated rings. The number of urea groups is 1. The van der Waals surface area contributed by atoms with Gasteiger partial charge in [0.2, 0.25) is 0 Å². The van der Waals surface area contributed by atoms with Crippen LogP contribution in [-0.4, -0.2) is 17.0 Å². The summed E-state index contributed by atoms with van der Waals surface area (Å²) in [4.78, 5) is 22.1.